The molecule has 5 heteroatoms. The van der Waals surface area contributed by atoms with E-state index in [1.54, 1.807) is 18.2 Å². The number of carbonyl (C=O) groups excluding carboxylic acids is 1. The van der Waals surface area contributed by atoms with Gasteiger partial charge in [-0.05, 0) is 36.4 Å². The van der Waals surface area contributed by atoms with Crippen LogP contribution in [0.25, 0.3) is 0 Å². The average Bonchev–Trinajstić information content (AvgIpc) is 2.72. The van der Waals surface area contributed by atoms with Crippen molar-refractivity contribution in [1.29, 1.82) is 5.26 Å². The second-order valence-electron chi connectivity index (χ2n) is 5.50. The smallest absolute Gasteiger partial charge is 0.339 e. The zero-order chi connectivity index (χ0) is 18.9. The summed E-state index contributed by atoms with van der Waals surface area (Å²) in [5.41, 5.74) is 1.04. The molecule has 134 valence electrons. The Kier molecular flexibility index (Phi) is 6.50. The molecule has 0 bridgehead atoms. The van der Waals surface area contributed by atoms with Crippen LogP contribution < -0.4 is 4.74 Å². The molecule has 0 radical (unpaired) electrons. The standard InChI is InChI=1S/C22H17NO3S/c23-16-17-8-4-6-12-20(17)27-21-13-7-5-11-19(21)22(24)26-15-14-25-18-9-2-1-3-10-18/h1-13H,14-15H2. The van der Waals surface area contributed by atoms with E-state index in [1.807, 2.05) is 60.7 Å². The van der Waals surface area contributed by atoms with Crippen LogP contribution in [-0.2, 0) is 4.74 Å². The van der Waals surface area contributed by atoms with Gasteiger partial charge < -0.3 is 9.47 Å². The maximum atomic E-state index is 12.5. The van der Waals surface area contributed by atoms with Crippen LogP contribution in [0.3, 0.4) is 0 Å². The molecule has 0 fully saturated rings. The summed E-state index contributed by atoms with van der Waals surface area (Å²) in [6.45, 7) is 0.434. The lowest BCUT2D eigenvalue weighted by Crippen LogP contribution is -2.13. The Morgan fingerprint density at radius 1 is 0.852 bits per heavy atom. The minimum Gasteiger partial charge on any atom is -0.490 e. The van der Waals surface area contributed by atoms with E-state index in [2.05, 4.69) is 6.07 Å². The first kappa shape index (κ1) is 18.6. The quantitative estimate of drug-likeness (QED) is 0.432. The number of para-hydroxylation sites is 1. The van der Waals surface area contributed by atoms with Crippen LogP contribution >= 0.6 is 11.8 Å². The third-order valence-electron chi connectivity index (χ3n) is 3.66. The van der Waals surface area contributed by atoms with Crippen molar-refractivity contribution in [3.8, 4) is 11.8 Å². The van der Waals surface area contributed by atoms with Gasteiger partial charge in [0.05, 0.1) is 11.1 Å². The molecule has 0 aliphatic carbocycles. The first-order chi connectivity index (χ1) is 13.3. The van der Waals surface area contributed by atoms with Gasteiger partial charge in [0.15, 0.2) is 0 Å². The van der Waals surface area contributed by atoms with Crippen LogP contribution in [0.4, 0.5) is 0 Å². The van der Waals surface area contributed by atoms with E-state index < -0.39 is 5.97 Å². The van der Waals surface area contributed by atoms with E-state index in [-0.39, 0.29) is 13.2 Å². The molecule has 0 amide bonds. The third-order valence-corrected chi connectivity index (χ3v) is 4.81. The molecular formula is C22H17NO3S. The van der Waals surface area contributed by atoms with Crippen LogP contribution in [-0.4, -0.2) is 19.2 Å². The molecule has 0 spiro atoms. The van der Waals surface area contributed by atoms with E-state index in [1.165, 1.54) is 11.8 Å². The summed E-state index contributed by atoms with van der Waals surface area (Å²) in [7, 11) is 0. The third kappa shape index (κ3) is 5.13. The van der Waals surface area contributed by atoms with Gasteiger partial charge in [0.1, 0.15) is 25.0 Å². The van der Waals surface area contributed by atoms with Crippen molar-refractivity contribution in [3.05, 3.63) is 90.0 Å². The number of benzene rings is 3. The van der Waals surface area contributed by atoms with Gasteiger partial charge in [-0.1, -0.05) is 54.2 Å². The highest BCUT2D eigenvalue weighted by atomic mass is 32.2. The summed E-state index contributed by atoms with van der Waals surface area (Å²) in [4.78, 5) is 14.0. The summed E-state index contributed by atoms with van der Waals surface area (Å²) >= 11 is 1.38. The fraction of sp³-hybridized carbons (Fsp3) is 0.0909. The van der Waals surface area contributed by atoms with Crippen molar-refractivity contribution in [2.75, 3.05) is 13.2 Å². The van der Waals surface area contributed by atoms with Crippen molar-refractivity contribution in [2.24, 2.45) is 0 Å². The van der Waals surface area contributed by atoms with Crippen LogP contribution in [0.15, 0.2) is 88.7 Å². The number of ether oxygens (including phenoxy) is 2. The maximum Gasteiger partial charge on any atom is 0.339 e. The molecule has 27 heavy (non-hydrogen) atoms. The summed E-state index contributed by atoms with van der Waals surface area (Å²) in [6.07, 6.45) is 0. The Hall–Kier alpha value is -3.23. The largest absolute Gasteiger partial charge is 0.490 e. The summed E-state index contributed by atoms with van der Waals surface area (Å²) in [5.74, 6) is 0.321. The van der Waals surface area contributed by atoms with Crippen LogP contribution in [0.1, 0.15) is 15.9 Å². The van der Waals surface area contributed by atoms with E-state index in [4.69, 9.17) is 9.47 Å². The Morgan fingerprint density at radius 2 is 1.52 bits per heavy atom. The number of hydrogen-bond donors (Lipinski definition) is 0. The SMILES string of the molecule is N#Cc1ccccc1Sc1ccccc1C(=O)OCCOc1ccccc1. The molecule has 0 aliphatic heterocycles. The summed E-state index contributed by atoms with van der Waals surface area (Å²) in [5, 5.41) is 9.24. The van der Waals surface area contributed by atoms with Crippen molar-refractivity contribution >= 4 is 17.7 Å². The second kappa shape index (κ2) is 9.46. The Bertz CT molecular complexity index is 951. The Labute approximate surface area is 162 Å². The number of carbonyl (C=O) groups is 1. The van der Waals surface area contributed by atoms with Gasteiger partial charge in [-0.25, -0.2) is 4.79 Å². The summed E-state index contributed by atoms with van der Waals surface area (Å²) < 4.78 is 10.9. The molecule has 0 unspecified atom stereocenters. The average molecular weight is 375 g/mol. The lowest BCUT2D eigenvalue weighted by molar-refractivity contribution is 0.0446. The van der Waals surface area contributed by atoms with Gasteiger partial charge in [-0.2, -0.15) is 5.26 Å². The highest BCUT2D eigenvalue weighted by Crippen LogP contribution is 2.32. The van der Waals surface area contributed by atoms with Gasteiger partial charge in [0.2, 0.25) is 0 Å². The van der Waals surface area contributed by atoms with E-state index >= 15 is 0 Å². The number of esters is 1. The van der Waals surface area contributed by atoms with Gasteiger partial charge in [0.25, 0.3) is 0 Å². The van der Waals surface area contributed by atoms with Crippen molar-refractivity contribution in [2.45, 2.75) is 9.79 Å². The van der Waals surface area contributed by atoms with Crippen LogP contribution in [0, 0.1) is 11.3 Å². The highest BCUT2D eigenvalue weighted by Gasteiger charge is 2.14. The first-order valence-corrected chi connectivity index (χ1v) is 9.20. The number of hydrogen-bond acceptors (Lipinski definition) is 5. The molecule has 0 heterocycles. The van der Waals surface area contributed by atoms with Gasteiger partial charge in [0, 0.05) is 9.79 Å². The molecular weight excluding hydrogens is 358 g/mol. The van der Waals surface area contributed by atoms with E-state index in [9.17, 15) is 10.1 Å². The predicted octanol–water partition coefficient (Wildman–Crippen LogP) is 4.95. The minimum atomic E-state index is -0.413. The number of nitrogens with zero attached hydrogens (tertiary/aromatic N) is 1. The van der Waals surface area contributed by atoms with Crippen molar-refractivity contribution in [3.63, 3.8) is 0 Å². The zero-order valence-electron chi connectivity index (χ0n) is 14.5. The molecule has 0 saturated heterocycles. The Morgan fingerprint density at radius 3 is 2.30 bits per heavy atom. The molecule has 3 aromatic carbocycles. The van der Waals surface area contributed by atoms with E-state index in [0.29, 0.717) is 11.1 Å². The zero-order valence-corrected chi connectivity index (χ0v) is 15.3. The molecule has 0 aromatic heterocycles. The Balaban J connectivity index is 1.63. The second-order valence-corrected chi connectivity index (χ2v) is 6.59. The molecule has 3 aromatic rings. The maximum absolute atomic E-state index is 12.5. The lowest BCUT2D eigenvalue weighted by atomic mass is 10.2. The number of nitriles is 1. The van der Waals surface area contributed by atoms with Crippen LogP contribution in [0.5, 0.6) is 5.75 Å². The first-order valence-electron chi connectivity index (χ1n) is 8.39. The van der Waals surface area contributed by atoms with Gasteiger partial charge >= 0.3 is 5.97 Å². The fourth-order valence-electron chi connectivity index (χ4n) is 2.38. The van der Waals surface area contributed by atoms with Gasteiger partial charge in [-0.15, -0.1) is 0 Å². The minimum absolute atomic E-state index is 0.154. The number of rotatable bonds is 7. The summed E-state index contributed by atoms with van der Waals surface area (Å²) in [6, 6.07) is 26.0. The molecule has 0 N–H and O–H groups in total. The van der Waals surface area contributed by atoms with Crippen LogP contribution in [0.2, 0.25) is 0 Å². The van der Waals surface area contributed by atoms with Gasteiger partial charge in [-0.3, -0.25) is 0 Å². The lowest BCUT2D eigenvalue weighted by Gasteiger charge is -2.11. The fourth-order valence-corrected chi connectivity index (χ4v) is 3.39. The highest BCUT2D eigenvalue weighted by molar-refractivity contribution is 7.99. The topological polar surface area (TPSA) is 59.3 Å². The molecule has 0 saturated carbocycles. The van der Waals surface area contributed by atoms with E-state index in [0.717, 1.165) is 15.5 Å². The van der Waals surface area contributed by atoms with Crippen molar-refractivity contribution < 1.29 is 14.3 Å². The normalized spacial score (nSPS) is 10.0. The van der Waals surface area contributed by atoms with Crippen molar-refractivity contribution in [1.82, 2.24) is 0 Å². The molecule has 0 aliphatic rings. The predicted molar refractivity (Wildman–Crippen MR) is 104 cm³/mol. The molecule has 4 nitrogen and oxygen atoms in total. The monoisotopic (exact) mass is 375 g/mol. The molecule has 3 rings (SSSR count). The molecule has 0 atom stereocenters.